The minimum Gasteiger partial charge on any atom is -0.307 e. The molecule has 0 amide bonds. The number of likely N-dealkylation sites (N-methyl/N-ethyl adjacent to an activating group) is 2. The van der Waals surface area contributed by atoms with Crippen LogP contribution in [0.3, 0.4) is 0 Å². The van der Waals surface area contributed by atoms with Gasteiger partial charge in [-0.15, -0.1) is 0 Å². The molecule has 0 atom stereocenters. The number of rotatable bonds is 1. The second kappa shape index (κ2) is 4.60. The Morgan fingerprint density at radius 1 is 1.00 bits per heavy atom. The smallest absolute Gasteiger partial charge is 0.0326 e. The Balaban J connectivity index is 2.49. The summed E-state index contributed by atoms with van der Waals surface area (Å²) in [5.74, 6) is 0. The van der Waals surface area contributed by atoms with Gasteiger partial charge in [-0.3, -0.25) is 0 Å². The molecule has 0 aromatic carbocycles. The fourth-order valence-corrected chi connectivity index (χ4v) is 2.04. The molecule has 0 saturated carbocycles. The van der Waals surface area contributed by atoms with E-state index in [0.717, 1.165) is 13.1 Å². The molecule has 14 heavy (non-hydrogen) atoms. The van der Waals surface area contributed by atoms with Gasteiger partial charge in [0.05, 0.1) is 0 Å². The maximum atomic E-state index is 3.68. The second-order valence-electron chi connectivity index (χ2n) is 5.62. The van der Waals surface area contributed by atoms with Gasteiger partial charge in [0.2, 0.25) is 0 Å². The van der Waals surface area contributed by atoms with Gasteiger partial charge in [0.15, 0.2) is 0 Å². The molecule has 3 heteroatoms. The van der Waals surface area contributed by atoms with Crippen molar-refractivity contribution in [2.45, 2.75) is 32.4 Å². The van der Waals surface area contributed by atoms with Crippen LogP contribution in [-0.2, 0) is 0 Å². The van der Waals surface area contributed by atoms with E-state index in [2.05, 4.69) is 50.0 Å². The van der Waals surface area contributed by atoms with Crippen LogP contribution >= 0.6 is 0 Å². The third-order valence-electron chi connectivity index (χ3n) is 2.56. The van der Waals surface area contributed by atoms with Crippen molar-refractivity contribution in [2.24, 2.45) is 0 Å². The van der Waals surface area contributed by atoms with Crippen molar-refractivity contribution >= 4 is 0 Å². The van der Waals surface area contributed by atoms with Crippen LogP contribution in [0.15, 0.2) is 0 Å². The first kappa shape index (κ1) is 12.0. The average molecular weight is 199 g/mol. The van der Waals surface area contributed by atoms with Gasteiger partial charge < -0.3 is 15.1 Å². The Morgan fingerprint density at radius 3 is 1.79 bits per heavy atom. The fourth-order valence-electron chi connectivity index (χ4n) is 2.04. The maximum Gasteiger partial charge on any atom is 0.0326 e. The Hall–Kier alpha value is -0.120. The quantitative estimate of drug-likeness (QED) is 0.668. The van der Waals surface area contributed by atoms with Crippen molar-refractivity contribution < 1.29 is 0 Å². The zero-order chi connectivity index (χ0) is 10.8. The van der Waals surface area contributed by atoms with Crippen molar-refractivity contribution in [1.82, 2.24) is 15.1 Å². The number of nitrogens with zero attached hydrogens (tertiary/aromatic N) is 2. The first-order valence-corrected chi connectivity index (χ1v) is 5.51. The van der Waals surface area contributed by atoms with E-state index >= 15 is 0 Å². The molecule has 1 rings (SSSR count). The maximum absolute atomic E-state index is 3.68. The summed E-state index contributed by atoms with van der Waals surface area (Å²) in [4.78, 5) is 4.82. The van der Waals surface area contributed by atoms with Gasteiger partial charge in [-0.2, -0.15) is 0 Å². The molecular weight excluding hydrogens is 174 g/mol. The van der Waals surface area contributed by atoms with Gasteiger partial charge in [-0.1, -0.05) is 0 Å². The first-order valence-electron chi connectivity index (χ1n) is 5.51. The zero-order valence-corrected chi connectivity index (χ0v) is 10.3. The monoisotopic (exact) mass is 199 g/mol. The van der Waals surface area contributed by atoms with E-state index in [1.54, 1.807) is 0 Å². The van der Waals surface area contributed by atoms with Gasteiger partial charge in [-0.25, -0.2) is 0 Å². The van der Waals surface area contributed by atoms with Gasteiger partial charge in [0, 0.05) is 37.8 Å². The SMILES string of the molecule is CN1CCN(C)CC(NC(C)(C)C)C1. The van der Waals surface area contributed by atoms with E-state index in [-0.39, 0.29) is 5.54 Å². The van der Waals surface area contributed by atoms with Crippen molar-refractivity contribution in [3.8, 4) is 0 Å². The molecule has 1 aliphatic heterocycles. The molecule has 1 saturated heterocycles. The predicted octanol–water partition coefficient (Wildman–Crippen LogP) is 0.620. The minimum absolute atomic E-state index is 0.219. The molecule has 1 aliphatic rings. The molecule has 1 fully saturated rings. The lowest BCUT2D eigenvalue weighted by molar-refractivity contribution is 0.269. The summed E-state index contributed by atoms with van der Waals surface area (Å²) in [6, 6.07) is 0.590. The van der Waals surface area contributed by atoms with Crippen molar-refractivity contribution in [2.75, 3.05) is 40.3 Å². The van der Waals surface area contributed by atoms with Gasteiger partial charge >= 0.3 is 0 Å². The summed E-state index contributed by atoms with van der Waals surface area (Å²) < 4.78 is 0. The van der Waals surface area contributed by atoms with Crippen LogP contribution in [0.1, 0.15) is 20.8 Å². The molecular formula is C11H25N3. The van der Waals surface area contributed by atoms with Crippen LogP contribution in [0.4, 0.5) is 0 Å². The van der Waals surface area contributed by atoms with Crippen LogP contribution in [0.25, 0.3) is 0 Å². The summed E-state index contributed by atoms with van der Waals surface area (Å²) in [5.41, 5.74) is 0.219. The molecule has 0 aromatic heterocycles. The van der Waals surface area contributed by atoms with E-state index in [4.69, 9.17) is 0 Å². The number of hydrogen-bond acceptors (Lipinski definition) is 3. The largest absolute Gasteiger partial charge is 0.307 e. The molecule has 0 unspecified atom stereocenters. The predicted molar refractivity (Wildman–Crippen MR) is 61.7 cm³/mol. The second-order valence-corrected chi connectivity index (χ2v) is 5.62. The lowest BCUT2D eigenvalue weighted by atomic mass is 10.1. The summed E-state index contributed by atoms with van der Waals surface area (Å²) in [5, 5.41) is 3.68. The van der Waals surface area contributed by atoms with Gasteiger partial charge in [0.25, 0.3) is 0 Å². The summed E-state index contributed by atoms with van der Waals surface area (Å²) >= 11 is 0. The Bertz CT molecular complexity index is 162. The molecule has 84 valence electrons. The highest BCUT2D eigenvalue weighted by molar-refractivity contribution is 4.84. The Kier molecular flexibility index (Phi) is 3.93. The summed E-state index contributed by atoms with van der Waals surface area (Å²) in [6.07, 6.45) is 0. The third-order valence-corrected chi connectivity index (χ3v) is 2.56. The van der Waals surface area contributed by atoms with E-state index < -0.39 is 0 Å². The van der Waals surface area contributed by atoms with E-state index in [1.165, 1.54) is 13.1 Å². The minimum atomic E-state index is 0.219. The molecule has 0 spiro atoms. The van der Waals surface area contributed by atoms with Crippen LogP contribution in [0.5, 0.6) is 0 Å². The molecule has 1 heterocycles. The molecule has 0 radical (unpaired) electrons. The first-order chi connectivity index (χ1) is 6.37. The average Bonchev–Trinajstić information content (AvgIpc) is 2.09. The lowest BCUT2D eigenvalue weighted by Crippen LogP contribution is -2.50. The highest BCUT2D eigenvalue weighted by Gasteiger charge is 2.22. The topological polar surface area (TPSA) is 18.5 Å². The van der Waals surface area contributed by atoms with Crippen LogP contribution < -0.4 is 5.32 Å². The fraction of sp³-hybridized carbons (Fsp3) is 1.00. The normalized spacial score (nSPS) is 23.8. The van der Waals surface area contributed by atoms with Crippen molar-refractivity contribution in [3.63, 3.8) is 0 Å². The molecule has 0 aromatic rings. The van der Waals surface area contributed by atoms with E-state index in [0.29, 0.717) is 6.04 Å². The molecule has 0 aliphatic carbocycles. The van der Waals surface area contributed by atoms with E-state index in [9.17, 15) is 0 Å². The standard InChI is InChI=1S/C11H25N3/c1-11(2,3)12-10-8-13(4)6-7-14(5)9-10/h10,12H,6-9H2,1-5H3. The highest BCUT2D eigenvalue weighted by atomic mass is 15.2. The van der Waals surface area contributed by atoms with E-state index in [1.807, 2.05) is 0 Å². The molecule has 1 N–H and O–H groups in total. The highest BCUT2D eigenvalue weighted by Crippen LogP contribution is 2.06. The Morgan fingerprint density at radius 2 is 1.43 bits per heavy atom. The molecule has 3 nitrogen and oxygen atoms in total. The molecule has 0 bridgehead atoms. The third kappa shape index (κ3) is 4.40. The van der Waals surface area contributed by atoms with Gasteiger partial charge in [0.1, 0.15) is 0 Å². The summed E-state index contributed by atoms with van der Waals surface area (Å²) in [7, 11) is 4.41. The van der Waals surface area contributed by atoms with Gasteiger partial charge in [-0.05, 0) is 34.9 Å². The van der Waals surface area contributed by atoms with Crippen LogP contribution in [-0.4, -0.2) is 61.7 Å². The summed E-state index contributed by atoms with van der Waals surface area (Å²) in [6.45, 7) is 11.4. The number of nitrogens with one attached hydrogen (secondary N) is 1. The van der Waals surface area contributed by atoms with Crippen molar-refractivity contribution in [1.29, 1.82) is 0 Å². The number of hydrogen-bond donors (Lipinski definition) is 1. The Labute approximate surface area is 88.5 Å². The van der Waals surface area contributed by atoms with Crippen molar-refractivity contribution in [3.05, 3.63) is 0 Å². The van der Waals surface area contributed by atoms with Crippen LogP contribution in [0.2, 0.25) is 0 Å². The zero-order valence-electron chi connectivity index (χ0n) is 10.3. The lowest BCUT2D eigenvalue weighted by Gasteiger charge is -2.30. The van der Waals surface area contributed by atoms with Crippen LogP contribution in [0, 0.1) is 0 Å².